The monoisotopic (exact) mass is 296 g/mol. The number of carbonyl (C=O) groups excluding carboxylic acids is 1. The SMILES string of the molecule is CN(C)C(=O)N(CC(O)c1cc(O)cc(O)c1)C(C)(C)C. The van der Waals surface area contributed by atoms with Crippen molar-refractivity contribution in [3.63, 3.8) is 0 Å². The van der Waals surface area contributed by atoms with Crippen LogP contribution in [0.1, 0.15) is 32.4 Å². The zero-order chi connectivity index (χ0) is 16.4. The fourth-order valence-corrected chi connectivity index (χ4v) is 1.97. The van der Waals surface area contributed by atoms with Gasteiger partial charge in [0.1, 0.15) is 11.5 Å². The topological polar surface area (TPSA) is 84.2 Å². The van der Waals surface area contributed by atoms with Crippen molar-refractivity contribution >= 4 is 6.03 Å². The lowest BCUT2D eigenvalue weighted by molar-refractivity contribution is 0.0685. The summed E-state index contributed by atoms with van der Waals surface area (Å²) in [6, 6.07) is 3.70. The highest BCUT2D eigenvalue weighted by atomic mass is 16.3. The van der Waals surface area contributed by atoms with Gasteiger partial charge in [0, 0.05) is 25.7 Å². The molecule has 0 fully saturated rings. The molecule has 0 radical (unpaired) electrons. The van der Waals surface area contributed by atoms with E-state index in [9.17, 15) is 20.1 Å². The van der Waals surface area contributed by atoms with Crippen molar-refractivity contribution in [2.75, 3.05) is 20.6 Å². The number of aliphatic hydroxyl groups is 1. The van der Waals surface area contributed by atoms with Crippen molar-refractivity contribution in [3.05, 3.63) is 23.8 Å². The molecule has 0 saturated heterocycles. The lowest BCUT2D eigenvalue weighted by Crippen LogP contribution is -2.51. The summed E-state index contributed by atoms with van der Waals surface area (Å²) in [6.45, 7) is 5.69. The summed E-state index contributed by atoms with van der Waals surface area (Å²) in [5, 5.41) is 29.2. The minimum Gasteiger partial charge on any atom is -0.508 e. The van der Waals surface area contributed by atoms with Gasteiger partial charge in [-0.05, 0) is 38.5 Å². The van der Waals surface area contributed by atoms with Crippen molar-refractivity contribution in [2.45, 2.75) is 32.4 Å². The fourth-order valence-electron chi connectivity index (χ4n) is 1.97. The van der Waals surface area contributed by atoms with Crippen LogP contribution in [0.25, 0.3) is 0 Å². The molecule has 118 valence electrons. The summed E-state index contributed by atoms with van der Waals surface area (Å²) in [5.74, 6) is -0.268. The average Bonchev–Trinajstić information content (AvgIpc) is 2.31. The summed E-state index contributed by atoms with van der Waals surface area (Å²) in [6.07, 6.45) is -1.01. The van der Waals surface area contributed by atoms with Gasteiger partial charge in [0.25, 0.3) is 0 Å². The predicted octanol–water partition coefficient (Wildman–Crippen LogP) is 1.91. The highest BCUT2D eigenvalue weighted by Gasteiger charge is 2.30. The zero-order valence-electron chi connectivity index (χ0n) is 13.2. The van der Waals surface area contributed by atoms with Crippen LogP contribution in [0.4, 0.5) is 4.79 Å². The van der Waals surface area contributed by atoms with Crippen LogP contribution < -0.4 is 0 Å². The summed E-state index contributed by atoms with van der Waals surface area (Å²) in [5.41, 5.74) is -0.116. The second kappa shape index (κ2) is 6.22. The van der Waals surface area contributed by atoms with Gasteiger partial charge in [0.05, 0.1) is 12.6 Å². The molecular weight excluding hydrogens is 272 g/mol. The third-order valence-electron chi connectivity index (χ3n) is 3.09. The van der Waals surface area contributed by atoms with E-state index >= 15 is 0 Å². The Balaban J connectivity index is 3.00. The molecule has 0 aliphatic heterocycles. The Bertz CT molecular complexity index is 489. The summed E-state index contributed by atoms with van der Waals surface area (Å²) in [7, 11) is 3.29. The van der Waals surface area contributed by atoms with Gasteiger partial charge >= 0.3 is 6.03 Å². The van der Waals surface area contributed by atoms with Crippen molar-refractivity contribution < 1.29 is 20.1 Å². The first kappa shape index (κ1) is 17.1. The molecule has 1 unspecified atom stereocenters. The van der Waals surface area contributed by atoms with Crippen molar-refractivity contribution in [3.8, 4) is 11.5 Å². The Morgan fingerprint density at radius 1 is 1.14 bits per heavy atom. The number of aliphatic hydroxyl groups excluding tert-OH is 1. The number of hydrogen-bond acceptors (Lipinski definition) is 4. The van der Waals surface area contributed by atoms with Gasteiger partial charge < -0.3 is 25.1 Å². The highest BCUT2D eigenvalue weighted by Crippen LogP contribution is 2.27. The van der Waals surface area contributed by atoms with E-state index in [4.69, 9.17) is 0 Å². The van der Waals surface area contributed by atoms with Crippen LogP contribution in [0, 0.1) is 0 Å². The maximum absolute atomic E-state index is 12.2. The highest BCUT2D eigenvalue weighted by molar-refractivity contribution is 5.74. The number of urea groups is 1. The van der Waals surface area contributed by atoms with Crippen LogP contribution in [0.15, 0.2) is 18.2 Å². The summed E-state index contributed by atoms with van der Waals surface area (Å²) in [4.78, 5) is 15.2. The number of hydrogen-bond donors (Lipinski definition) is 3. The van der Waals surface area contributed by atoms with E-state index in [-0.39, 0.29) is 24.1 Å². The molecule has 1 aromatic carbocycles. The minimum atomic E-state index is -1.01. The quantitative estimate of drug-likeness (QED) is 0.795. The van der Waals surface area contributed by atoms with Crippen LogP contribution in [-0.2, 0) is 0 Å². The number of rotatable bonds is 3. The molecule has 6 heteroatoms. The van der Waals surface area contributed by atoms with Gasteiger partial charge in [-0.1, -0.05) is 0 Å². The van der Waals surface area contributed by atoms with Gasteiger partial charge in [-0.3, -0.25) is 0 Å². The molecule has 2 amide bonds. The van der Waals surface area contributed by atoms with E-state index in [0.29, 0.717) is 5.56 Å². The molecule has 1 aromatic rings. The molecule has 1 atom stereocenters. The van der Waals surface area contributed by atoms with Crippen LogP contribution in [0.2, 0.25) is 0 Å². The van der Waals surface area contributed by atoms with Gasteiger partial charge in [-0.2, -0.15) is 0 Å². The van der Waals surface area contributed by atoms with E-state index < -0.39 is 11.6 Å². The van der Waals surface area contributed by atoms with Crippen LogP contribution in [-0.4, -0.2) is 57.3 Å². The number of carbonyl (C=O) groups is 1. The molecule has 6 nitrogen and oxygen atoms in total. The van der Waals surface area contributed by atoms with Gasteiger partial charge in [-0.15, -0.1) is 0 Å². The molecule has 0 aromatic heterocycles. The zero-order valence-corrected chi connectivity index (χ0v) is 13.2. The normalized spacial score (nSPS) is 12.9. The fraction of sp³-hybridized carbons (Fsp3) is 0.533. The van der Waals surface area contributed by atoms with Gasteiger partial charge in [0.2, 0.25) is 0 Å². The van der Waals surface area contributed by atoms with E-state index in [0.717, 1.165) is 0 Å². The number of nitrogens with zero attached hydrogens (tertiary/aromatic N) is 2. The molecule has 0 saturated carbocycles. The largest absolute Gasteiger partial charge is 0.508 e. The molecule has 0 bridgehead atoms. The first-order valence-corrected chi connectivity index (χ1v) is 6.72. The first-order chi connectivity index (χ1) is 9.52. The Morgan fingerprint density at radius 3 is 2.00 bits per heavy atom. The van der Waals surface area contributed by atoms with Crippen LogP contribution in [0.3, 0.4) is 0 Å². The molecular formula is C15H24N2O4. The number of amides is 2. The molecule has 21 heavy (non-hydrogen) atoms. The summed E-state index contributed by atoms with van der Waals surface area (Å²) >= 11 is 0. The van der Waals surface area contributed by atoms with Gasteiger partial charge in [-0.25, -0.2) is 4.79 Å². The maximum Gasteiger partial charge on any atom is 0.320 e. The van der Waals surface area contributed by atoms with E-state index in [1.807, 2.05) is 20.8 Å². The van der Waals surface area contributed by atoms with E-state index in [1.54, 1.807) is 19.0 Å². The molecule has 0 heterocycles. The number of phenols is 2. The Kier molecular flexibility index (Phi) is 5.06. The number of β-amino-alcohol motifs (C(OH)–C–C–N with tert-alkyl or cyclic N) is 1. The molecule has 0 aliphatic carbocycles. The Labute approximate surface area is 125 Å². The Morgan fingerprint density at radius 2 is 1.62 bits per heavy atom. The number of aromatic hydroxyl groups is 2. The van der Waals surface area contributed by atoms with Crippen LogP contribution >= 0.6 is 0 Å². The van der Waals surface area contributed by atoms with E-state index in [1.165, 1.54) is 23.1 Å². The predicted molar refractivity (Wildman–Crippen MR) is 80.3 cm³/mol. The molecule has 3 N–H and O–H groups in total. The van der Waals surface area contributed by atoms with Crippen LogP contribution in [0.5, 0.6) is 11.5 Å². The number of benzene rings is 1. The van der Waals surface area contributed by atoms with Crippen molar-refractivity contribution in [2.24, 2.45) is 0 Å². The minimum absolute atomic E-state index is 0.0589. The second-order valence-corrected chi connectivity index (χ2v) is 6.26. The maximum atomic E-state index is 12.2. The first-order valence-electron chi connectivity index (χ1n) is 6.72. The molecule has 0 aliphatic rings. The smallest absolute Gasteiger partial charge is 0.320 e. The standard InChI is InChI=1S/C15H24N2O4/c1-15(2,3)17(14(21)16(4)5)9-13(20)10-6-11(18)8-12(19)7-10/h6-8,13,18-20H,9H2,1-5H3. The Hall–Kier alpha value is -1.95. The third kappa shape index (κ3) is 4.53. The lowest BCUT2D eigenvalue weighted by Gasteiger charge is -2.38. The van der Waals surface area contributed by atoms with Crippen molar-refractivity contribution in [1.82, 2.24) is 9.80 Å². The third-order valence-corrected chi connectivity index (χ3v) is 3.09. The molecule has 0 spiro atoms. The van der Waals surface area contributed by atoms with Gasteiger partial charge in [0.15, 0.2) is 0 Å². The number of phenolic OH excluding ortho intramolecular Hbond substituents is 2. The van der Waals surface area contributed by atoms with E-state index in [2.05, 4.69) is 0 Å². The average molecular weight is 296 g/mol. The summed E-state index contributed by atoms with van der Waals surface area (Å²) < 4.78 is 0. The van der Waals surface area contributed by atoms with Crippen molar-refractivity contribution in [1.29, 1.82) is 0 Å². The second-order valence-electron chi connectivity index (χ2n) is 6.26. The lowest BCUT2D eigenvalue weighted by atomic mass is 10.0. The molecule has 1 rings (SSSR count).